The first-order valence-corrected chi connectivity index (χ1v) is 8.60. The molecule has 0 saturated carbocycles. The molecule has 0 atom stereocenters. The molecule has 0 amide bonds. The molecule has 0 aliphatic carbocycles. The Morgan fingerprint density at radius 2 is 0.885 bits per heavy atom. The van der Waals surface area contributed by atoms with Crippen LogP contribution in [0.3, 0.4) is 0 Å². The van der Waals surface area contributed by atoms with Crippen molar-refractivity contribution in [3.63, 3.8) is 0 Å². The highest BCUT2D eigenvalue weighted by Gasteiger charge is 2.00. The predicted molar refractivity (Wildman–Crippen MR) is 111 cm³/mol. The SMILES string of the molecule is ClN(/N=C/c1ccc(/C=N/N(Cl)c2ccccc2)cc1)c1ccccc1. The zero-order chi connectivity index (χ0) is 18.2. The molecule has 26 heavy (non-hydrogen) atoms. The van der Waals surface area contributed by atoms with Crippen molar-refractivity contribution in [1.82, 2.24) is 0 Å². The van der Waals surface area contributed by atoms with E-state index in [9.17, 15) is 0 Å². The largest absolute Gasteiger partial charge is 0.173 e. The number of hydrazone groups is 2. The number of benzene rings is 3. The van der Waals surface area contributed by atoms with Crippen molar-refractivity contribution < 1.29 is 0 Å². The van der Waals surface area contributed by atoms with Crippen LogP contribution in [0.4, 0.5) is 11.4 Å². The minimum absolute atomic E-state index is 0.803. The smallest absolute Gasteiger partial charge is 0.0783 e. The number of nitrogens with zero attached hydrogens (tertiary/aromatic N) is 4. The number of hydrogen-bond donors (Lipinski definition) is 0. The molecular weight excluding hydrogens is 367 g/mol. The van der Waals surface area contributed by atoms with E-state index in [0.29, 0.717) is 0 Å². The minimum atomic E-state index is 0.803. The van der Waals surface area contributed by atoms with Gasteiger partial charge in [-0.2, -0.15) is 19.3 Å². The zero-order valence-corrected chi connectivity index (χ0v) is 15.3. The van der Waals surface area contributed by atoms with Gasteiger partial charge in [-0.1, -0.05) is 60.7 Å². The first-order chi connectivity index (χ1) is 12.7. The Hall–Kier alpha value is -2.82. The van der Waals surface area contributed by atoms with Crippen LogP contribution in [-0.4, -0.2) is 12.4 Å². The fourth-order valence-electron chi connectivity index (χ4n) is 2.14. The highest BCUT2D eigenvalue weighted by Crippen LogP contribution is 2.17. The van der Waals surface area contributed by atoms with Gasteiger partial charge >= 0.3 is 0 Å². The van der Waals surface area contributed by atoms with Gasteiger partial charge in [0.1, 0.15) is 0 Å². The Morgan fingerprint density at radius 1 is 0.538 bits per heavy atom. The summed E-state index contributed by atoms with van der Waals surface area (Å²) in [5.41, 5.74) is 3.46. The maximum absolute atomic E-state index is 6.12. The van der Waals surface area contributed by atoms with Crippen LogP contribution >= 0.6 is 23.6 Å². The van der Waals surface area contributed by atoms with Crippen LogP contribution < -0.4 is 9.06 Å². The van der Waals surface area contributed by atoms with Gasteiger partial charge in [-0.15, -0.1) is 0 Å². The summed E-state index contributed by atoms with van der Waals surface area (Å²) in [5, 5.41) is 8.44. The topological polar surface area (TPSA) is 31.2 Å². The molecule has 3 aromatic carbocycles. The number of hydrogen-bond acceptors (Lipinski definition) is 4. The predicted octanol–water partition coefficient (Wildman–Crippen LogP) is 5.68. The quantitative estimate of drug-likeness (QED) is 0.312. The Labute approximate surface area is 162 Å². The van der Waals surface area contributed by atoms with E-state index >= 15 is 0 Å². The molecule has 3 aromatic rings. The highest BCUT2D eigenvalue weighted by atomic mass is 35.5. The summed E-state index contributed by atoms with van der Waals surface area (Å²) >= 11 is 12.2. The van der Waals surface area contributed by atoms with E-state index in [4.69, 9.17) is 23.6 Å². The van der Waals surface area contributed by atoms with Crippen LogP contribution in [0.2, 0.25) is 0 Å². The molecule has 0 spiro atoms. The van der Waals surface area contributed by atoms with E-state index in [1.165, 1.54) is 9.06 Å². The molecule has 0 N–H and O–H groups in total. The van der Waals surface area contributed by atoms with Crippen molar-refractivity contribution >= 4 is 47.4 Å². The van der Waals surface area contributed by atoms with Crippen LogP contribution in [0.1, 0.15) is 11.1 Å². The standard InChI is InChI=1S/C20H16Cl2N4/c21-25(19-7-3-1-4-8-19)23-15-17-11-13-18(14-12-17)16-24-26(22)20-9-5-2-6-10-20/h1-16H/b23-15+,24-16+. The van der Waals surface area contributed by atoms with Gasteiger partial charge in [0, 0.05) is 23.6 Å². The van der Waals surface area contributed by atoms with E-state index < -0.39 is 0 Å². The third kappa shape index (κ3) is 5.09. The molecule has 0 bridgehead atoms. The molecule has 130 valence electrons. The van der Waals surface area contributed by atoms with E-state index in [1.54, 1.807) is 12.4 Å². The fraction of sp³-hybridized carbons (Fsp3) is 0. The second-order valence-electron chi connectivity index (χ2n) is 5.35. The molecule has 4 nitrogen and oxygen atoms in total. The number of para-hydroxylation sites is 2. The van der Waals surface area contributed by atoms with Crippen LogP contribution in [0, 0.1) is 0 Å². The van der Waals surface area contributed by atoms with E-state index in [2.05, 4.69) is 10.2 Å². The fourth-order valence-corrected chi connectivity index (χ4v) is 2.45. The molecule has 0 saturated heterocycles. The van der Waals surface area contributed by atoms with Crippen LogP contribution in [0.25, 0.3) is 0 Å². The van der Waals surface area contributed by atoms with Crippen LogP contribution in [0.5, 0.6) is 0 Å². The summed E-state index contributed by atoms with van der Waals surface area (Å²) < 4.78 is 2.61. The molecule has 0 aromatic heterocycles. The van der Waals surface area contributed by atoms with Gasteiger partial charge in [0.2, 0.25) is 0 Å². The van der Waals surface area contributed by atoms with E-state index in [0.717, 1.165) is 22.5 Å². The molecule has 0 fully saturated rings. The Kier molecular flexibility index (Phi) is 6.25. The van der Waals surface area contributed by atoms with Crippen molar-refractivity contribution in [2.24, 2.45) is 10.2 Å². The Balaban J connectivity index is 1.61. The lowest BCUT2D eigenvalue weighted by atomic mass is 10.2. The van der Waals surface area contributed by atoms with Gasteiger partial charge in [0.25, 0.3) is 0 Å². The molecule has 6 heteroatoms. The Bertz CT molecular complexity index is 791. The first-order valence-electron chi connectivity index (χ1n) is 7.92. The third-order valence-corrected chi connectivity index (χ3v) is 4.06. The van der Waals surface area contributed by atoms with E-state index in [1.807, 2.05) is 84.9 Å². The highest BCUT2D eigenvalue weighted by molar-refractivity contribution is 6.26. The van der Waals surface area contributed by atoms with Crippen molar-refractivity contribution in [2.75, 3.05) is 9.06 Å². The summed E-state index contributed by atoms with van der Waals surface area (Å²) in [6, 6.07) is 26.7. The van der Waals surface area contributed by atoms with Crippen molar-refractivity contribution in [3.05, 3.63) is 96.1 Å². The maximum Gasteiger partial charge on any atom is 0.0783 e. The van der Waals surface area contributed by atoms with Gasteiger partial charge in [0.05, 0.1) is 23.8 Å². The van der Waals surface area contributed by atoms with Gasteiger partial charge in [-0.05, 0) is 35.4 Å². The second kappa shape index (κ2) is 9.04. The molecule has 0 radical (unpaired) electrons. The van der Waals surface area contributed by atoms with Crippen molar-refractivity contribution in [1.29, 1.82) is 0 Å². The summed E-state index contributed by atoms with van der Waals surface area (Å²) in [5.74, 6) is 0. The van der Waals surface area contributed by atoms with Crippen molar-refractivity contribution in [3.8, 4) is 0 Å². The summed E-state index contributed by atoms with van der Waals surface area (Å²) in [6.07, 6.45) is 3.39. The van der Waals surface area contributed by atoms with Crippen molar-refractivity contribution in [2.45, 2.75) is 0 Å². The summed E-state index contributed by atoms with van der Waals surface area (Å²) in [7, 11) is 0. The molecule has 0 aliphatic rings. The Morgan fingerprint density at radius 3 is 1.23 bits per heavy atom. The number of rotatable bonds is 6. The van der Waals surface area contributed by atoms with Crippen LogP contribution in [-0.2, 0) is 0 Å². The van der Waals surface area contributed by atoms with Gasteiger partial charge in [-0.3, -0.25) is 0 Å². The monoisotopic (exact) mass is 382 g/mol. The van der Waals surface area contributed by atoms with Gasteiger partial charge in [0.15, 0.2) is 0 Å². The minimum Gasteiger partial charge on any atom is -0.173 e. The number of anilines is 2. The van der Waals surface area contributed by atoms with E-state index in [-0.39, 0.29) is 0 Å². The first kappa shape index (κ1) is 18.0. The summed E-state index contributed by atoms with van der Waals surface area (Å²) in [4.78, 5) is 0. The number of halogens is 2. The lowest BCUT2D eigenvalue weighted by Crippen LogP contribution is -2.01. The molecule has 0 aliphatic heterocycles. The second-order valence-corrected chi connectivity index (χ2v) is 5.99. The average molecular weight is 383 g/mol. The zero-order valence-electron chi connectivity index (χ0n) is 13.8. The maximum atomic E-state index is 6.12. The molecule has 0 unspecified atom stereocenters. The van der Waals surface area contributed by atoms with Gasteiger partial charge < -0.3 is 0 Å². The lowest BCUT2D eigenvalue weighted by Gasteiger charge is -2.08. The molecule has 0 heterocycles. The molecular formula is C20H16Cl2N4. The normalized spacial score (nSPS) is 11.2. The average Bonchev–Trinajstić information content (AvgIpc) is 2.72. The lowest BCUT2D eigenvalue weighted by molar-refractivity contribution is 1.19. The van der Waals surface area contributed by atoms with Gasteiger partial charge in [-0.25, -0.2) is 0 Å². The summed E-state index contributed by atoms with van der Waals surface area (Å²) in [6.45, 7) is 0. The van der Waals surface area contributed by atoms with Crippen LogP contribution in [0.15, 0.2) is 95.1 Å². The third-order valence-electron chi connectivity index (χ3n) is 3.49. The molecule has 3 rings (SSSR count).